The summed E-state index contributed by atoms with van der Waals surface area (Å²) in [5.74, 6) is -0.820. The third-order valence-electron chi connectivity index (χ3n) is 4.67. The smallest absolute Gasteiger partial charge is 0.360 e. The number of hydrogen-bond donors (Lipinski definition) is 1. The fourth-order valence-electron chi connectivity index (χ4n) is 3.37. The first-order valence-electron chi connectivity index (χ1n) is 8.68. The summed E-state index contributed by atoms with van der Waals surface area (Å²) < 4.78 is 5.42. The summed E-state index contributed by atoms with van der Waals surface area (Å²) in [7, 11) is 0. The van der Waals surface area contributed by atoms with Crippen molar-refractivity contribution in [2.75, 3.05) is 11.4 Å². The Hall–Kier alpha value is -3.15. The summed E-state index contributed by atoms with van der Waals surface area (Å²) in [6.45, 7) is 2.23. The number of aryl methyl sites for hydroxylation is 1. The van der Waals surface area contributed by atoms with Crippen LogP contribution in [0.4, 0.5) is 5.69 Å². The maximum atomic E-state index is 12.8. The van der Waals surface area contributed by atoms with Crippen LogP contribution in [0.2, 0.25) is 0 Å². The zero-order valence-electron chi connectivity index (χ0n) is 14.4. The maximum absolute atomic E-state index is 12.8. The van der Waals surface area contributed by atoms with Crippen LogP contribution in [0.25, 0.3) is 10.9 Å². The van der Waals surface area contributed by atoms with E-state index >= 15 is 0 Å². The Labute approximate surface area is 150 Å². The van der Waals surface area contributed by atoms with Crippen molar-refractivity contribution in [3.63, 3.8) is 0 Å². The van der Waals surface area contributed by atoms with E-state index in [0.29, 0.717) is 11.9 Å². The molecule has 26 heavy (non-hydrogen) atoms. The minimum absolute atomic E-state index is 0.194. The van der Waals surface area contributed by atoms with Gasteiger partial charge in [0.1, 0.15) is 0 Å². The number of H-pyrrole nitrogens is 1. The summed E-state index contributed by atoms with van der Waals surface area (Å²) in [5.41, 5.74) is 2.99. The molecular formula is C20H19N3O3. The standard InChI is InChI=1S/C20H19N3O3/c1-13(19(24)23-12-6-8-14-7-2-5-11-17(14)23)26-20(25)18-15-9-3-4-10-16(15)21-22-18/h2-5,7,9-11,13H,6,8,12H2,1H3,(H,21,22)/t13-/m1/s1. The number of fused-ring (bicyclic) bond motifs is 2. The number of ether oxygens (including phenoxy) is 1. The molecular weight excluding hydrogens is 330 g/mol. The van der Waals surface area contributed by atoms with Crippen molar-refractivity contribution >= 4 is 28.5 Å². The SMILES string of the molecule is C[C@@H](OC(=O)c1n[nH]c2ccccc12)C(=O)N1CCCc2ccccc21. The molecule has 6 nitrogen and oxygen atoms in total. The summed E-state index contributed by atoms with van der Waals surface area (Å²) in [6.07, 6.45) is 0.963. The van der Waals surface area contributed by atoms with Gasteiger partial charge in [-0.2, -0.15) is 5.10 Å². The molecule has 1 amide bonds. The van der Waals surface area contributed by atoms with Gasteiger partial charge in [-0.15, -0.1) is 0 Å². The highest BCUT2D eigenvalue weighted by atomic mass is 16.5. The normalized spacial score (nSPS) is 14.7. The van der Waals surface area contributed by atoms with Crippen LogP contribution in [0, 0.1) is 0 Å². The number of aromatic amines is 1. The zero-order chi connectivity index (χ0) is 18.1. The highest BCUT2D eigenvalue weighted by Crippen LogP contribution is 2.27. The largest absolute Gasteiger partial charge is 0.448 e. The Kier molecular flexibility index (Phi) is 4.16. The number of anilines is 1. The number of nitrogens with one attached hydrogen (secondary N) is 1. The summed E-state index contributed by atoms with van der Waals surface area (Å²) in [5, 5.41) is 7.51. The van der Waals surface area contributed by atoms with E-state index in [-0.39, 0.29) is 11.6 Å². The van der Waals surface area contributed by atoms with Crippen LogP contribution in [0.3, 0.4) is 0 Å². The second-order valence-electron chi connectivity index (χ2n) is 6.39. The lowest BCUT2D eigenvalue weighted by molar-refractivity contribution is -0.126. The van der Waals surface area contributed by atoms with Gasteiger partial charge in [0, 0.05) is 17.6 Å². The molecule has 2 aromatic carbocycles. The van der Waals surface area contributed by atoms with E-state index in [0.717, 1.165) is 29.6 Å². The number of aromatic nitrogens is 2. The van der Waals surface area contributed by atoms with Gasteiger partial charge in [0.2, 0.25) is 0 Å². The molecule has 0 unspecified atom stereocenters. The average molecular weight is 349 g/mol. The lowest BCUT2D eigenvalue weighted by Crippen LogP contribution is -2.42. The third kappa shape index (κ3) is 2.83. The Morgan fingerprint density at radius 1 is 1.15 bits per heavy atom. The van der Waals surface area contributed by atoms with Gasteiger partial charge < -0.3 is 9.64 Å². The van der Waals surface area contributed by atoms with E-state index in [1.807, 2.05) is 42.5 Å². The molecule has 4 rings (SSSR count). The highest BCUT2D eigenvalue weighted by molar-refractivity contribution is 6.04. The van der Waals surface area contributed by atoms with E-state index in [9.17, 15) is 9.59 Å². The second kappa shape index (κ2) is 6.63. The first kappa shape index (κ1) is 16.3. The fourth-order valence-corrected chi connectivity index (χ4v) is 3.37. The van der Waals surface area contributed by atoms with Gasteiger partial charge in [0.25, 0.3) is 5.91 Å². The van der Waals surface area contributed by atoms with Gasteiger partial charge in [0.05, 0.1) is 5.52 Å². The van der Waals surface area contributed by atoms with Crippen LogP contribution in [-0.2, 0) is 16.0 Å². The third-order valence-corrected chi connectivity index (χ3v) is 4.67. The lowest BCUT2D eigenvalue weighted by Gasteiger charge is -2.31. The van der Waals surface area contributed by atoms with Gasteiger partial charge in [-0.25, -0.2) is 4.79 Å². The van der Waals surface area contributed by atoms with Crippen LogP contribution in [0.1, 0.15) is 29.4 Å². The van der Waals surface area contributed by atoms with Gasteiger partial charge >= 0.3 is 5.97 Å². The van der Waals surface area contributed by atoms with Gasteiger partial charge in [-0.3, -0.25) is 9.89 Å². The Morgan fingerprint density at radius 2 is 1.92 bits per heavy atom. The molecule has 0 bridgehead atoms. The summed E-state index contributed by atoms with van der Waals surface area (Å²) in [6, 6.07) is 15.2. The Bertz CT molecular complexity index is 979. The molecule has 132 valence electrons. The van der Waals surface area contributed by atoms with E-state index in [1.165, 1.54) is 0 Å². The number of para-hydroxylation sites is 2. The lowest BCUT2D eigenvalue weighted by atomic mass is 10.0. The molecule has 1 aliphatic rings. The predicted octanol–water partition coefficient (Wildman–Crippen LogP) is 3.09. The first-order chi connectivity index (χ1) is 12.6. The number of nitrogens with zero attached hydrogens (tertiary/aromatic N) is 2. The van der Waals surface area contributed by atoms with Crippen molar-refractivity contribution in [3.8, 4) is 0 Å². The van der Waals surface area contributed by atoms with Crippen molar-refractivity contribution in [2.45, 2.75) is 25.9 Å². The van der Waals surface area contributed by atoms with Crippen LogP contribution in [-0.4, -0.2) is 34.7 Å². The molecule has 0 saturated carbocycles. The van der Waals surface area contributed by atoms with E-state index in [4.69, 9.17) is 4.74 Å². The van der Waals surface area contributed by atoms with E-state index in [1.54, 1.807) is 17.9 Å². The predicted molar refractivity (Wildman–Crippen MR) is 98.1 cm³/mol. The molecule has 1 atom stereocenters. The Morgan fingerprint density at radius 3 is 2.81 bits per heavy atom. The minimum atomic E-state index is -0.885. The van der Waals surface area contributed by atoms with Crippen LogP contribution >= 0.6 is 0 Å². The number of amides is 1. The van der Waals surface area contributed by atoms with Crippen molar-refractivity contribution in [1.82, 2.24) is 10.2 Å². The molecule has 1 aromatic heterocycles. The van der Waals surface area contributed by atoms with Crippen LogP contribution < -0.4 is 4.90 Å². The molecule has 0 aliphatic carbocycles. The van der Waals surface area contributed by atoms with Gasteiger partial charge in [-0.05, 0) is 37.5 Å². The van der Waals surface area contributed by atoms with Gasteiger partial charge in [0.15, 0.2) is 11.8 Å². The number of esters is 1. The number of carbonyl (C=O) groups is 2. The minimum Gasteiger partial charge on any atom is -0.448 e. The zero-order valence-corrected chi connectivity index (χ0v) is 14.4. The monoisotopic (exact) mass is 349 g/mol. The van der Waals surface area contributed by atoms with Crippen molar-refractivity contribution < 1.29 is 14.3 Å². The van der Waals surface area contributed by atoms with Crippen LogP contribution in [0.15, 0.2) is 48.5 Å². The molecule has 6 heteroatoms. The molecule has 0 spiro atoms. The topological polar surface area (TPSA) is 75.3 Å². The van der Waals surface area contributed by atoms with Gasteiger partial charge in [-0.1, -0.05) is 36.4 Å². The molecule has 1 aliphatic heterocycles. The number of carbonyl (C=O) groups excluding carboxylic acids is 2. The number of hydrogen-bond acceptors (Lipinski definition) is 4. The fraction of sp³-hybridized carbons (Fsp3) is 0.250. The molecule has 0 fully saturated rings. The first-order valence-corrected chi connectivity index (χ1v) is 8.68. The van der Waals surface area contributed by atoms with Crippen LogP contribution in [0.5, 0.6) is 0 Å². The summed E-state index contributed by atoms with van der Waals surface area (Å²) >= 11 is 0. The van der Waals surface area contributed by atoms with Crippen molar-refractivity contribution in [1.29, 1.82) is 0 Å². The number of benzene rings is 2. The van der Waals surface area contributed by atoms with Crippen molar-refractivity contribution in [3.05, 3.63) is 59.8 Å². The maximum Gasteiger partial charge on any atom is 0.360 e. The molecule has 3 aromatic rings. The number of rotatable bonds is 3. The van der Waals surface area contributed by atoms with Crippen molar-refractivity contribution in [2.24, 2.45) is 0 Å². The second-order valence-corrected chi connectivity index (χ2v) is 6.39. The molecule has 0 radical (unpaired) electrons. The highest BCUT2D eigenvalue weighted by Gasteiger charge is 2.29. The quantitative estimate of drug-likeness (QED) is 0.737. The molecule has 1 N–H and O–H groups in total. The molecule has 0 saturated heterocycles. The Balaban J connectivity index is 1.52. The van der Waals surface area contributed by atoms with E-state index < -0.39 is 12.1 Å². The molecule has 2 heterocycles. The average Bonchev–Trinajstić information content (AvgIpc) is 3.11. The van der Waals surface area contributed by atoms with E-state index in [2.05, 4.69) is 10.2 Å². The summed E-state index contributed by atoms with van der Waals surface area (Å²) in [4.78, 5) is 27.0.